The first kappa shape index (κ1) is 41.3. The number of carboxylic acids is 1. The molecule has 1 N–H and O–H groups in total. The van der Waals surface area contributed by atoms with Crippen LogP contribution in [0, 0.1) is 16.7 Å². The lowest BCUT2D eigenvalue weighted by Gasteiger charge is -2.50. The molecule has 17 heteroatoms. The van der Waals surface area contributed by atoms with Crippen molar-refractivity contribution in [3.8, 4) is 16.9 Å². The molecule has 2 aromatic heterocycles. The van der Waals surface area contributed by atoms with E-state index >= 15 is 0 Å². The summed E-state index contributed by atoms with van der Waals surface area (Å²) in [6, 6.07) is 11.5. The topological polar surface area (TPSA) is 133 Å². The van der Waals surface area contributed by atoms with Crippen LogP contribution in [0.4, 0.5) is 26.3 Å². The van der Waals surface area contributed by atoms with Gasteiger partial charge < -0.3 is 24.4 Å². The van der Waals surface area contributed by atoms with Crippen molar-refractivity contribution >= 4 is 29.1 Å². The van der Waals surface area contributed by atoms with E-state index in [4.69, 9.17) is 9.47 Å². The molecule has 0 bridgehead atoms. The van der Waals surface area contributed by atoms with Crippen molar-refractivity contribution in [1.29, 1.82) is 5.26 Å². The average Bonchev–Trinajstić information content (AvgIpc) is 3.63. The molecule has 3 aromatic rings. The van der Waals surface area contributed by atoms with Crippen LogP contribution in [-0.4, -0.2) is 75.6 Å². The van der Waals surface area contributed by atoms with E-state index in [1.54, 1.807) is 31.2 Å². The van der Waals surface area contributed by atoms with E-state index in [-0.39, 0.29) is 74.7 Å². The number of carbonyl (C=O) groups is 3. The van der Waals surface area contributed by atoms with Crippen LogP contribution < -0.4 is 9.47 Å². The zero-order chi connectivity index (χ0) is 40.4. The number of piperidine rings is 2. The lowest BCUT2D eigenvalue weighted by molar-refractivity contribution is -0.160. The lowest BCUT2D eigenvalue weighted by Crippen LogP contribution is -2.68. The molecule has 0 spiro atoms. The molecule has 2 saturated heterocycles. The van der Waals surface area contributed by atoms with Crippen LogP contribution >= 0.6 is 11.3 Å². The third kappa shape index (κ3) is 8.39. The van der Waals surface area contributed by atoms with Crippen LogP contribution in [0.25, 0.3) is 0 Å². The molecule has 10 nitrogen and oxygen atoms in total. The summed E-state index contributed by atoms with van der Waals surface area (Å²) in [7, 11) is 0. The van der Waals surface area contributed by atoms with Crippen LogP contribution in [0.1, 0.15) is 85.8 Å². The maximum atomic E-state index is 15.0. The Morgan fingerprint density at radius 1 is 0.982 bits per heavy atom. The van der Waals surface area contributed by atoms with Crippen LogP contribution in [0.3, 0.4) is 0 Å². The van der Waals surface area contributed by atoms with Crippen LogP contribution in [0.2, 0.25) is 0 Å². The van der Waals surface area contributed by atoms with Crippen LogP contribution in [0.5, 0.6) is 10.8 Å². The molecule has 55 heavy (non-hydrogen) atoms. The maximum absolute atomic E-state index is 15.0. The molecule has 4 heterocycles. The zero-order valence-corrected chi connectivity index (χ0v) is 31.1. The highest BCUT2D eigenvalue weighted by atomic mass is 32.1. The molecule has 0 aliphatic carbocycles. The molecule has 2 fully saturated rings. The Kier molecular flexibility index (Phi) is 11.8. The molecule has 2 amide bonds. The molecule has 1 aromatic carbocycles. The molecule has 5 rings (SSSR count). The fourth-order valence-electron chi connectivity index (χ4n) is 7.16. The number of aliphatic carboxylic acids is 1. The zero-order valence-electron chi connectivity index (χ0n) is 30.3. The second-order valence-electron chi connectivity index (χ2n) is 14.4. The fraction of sp³-hybridized carbons (Fsp3) is 0.500. The van der Waals surface area contributed by atoms with Gasteiger partial charge in [0.25, 0.3) is 11.8 Å². The number of likely N-dealkylation sites (tertiary alicyclic amines) is 2. The quantitative estimate of drug-likeness (QED) is 0.193. The number of aromatic nitrogens is 1. The number of carboxylic acid groups (broad SMARTS) is 1. The number of pyridine rings is 1. The second-order valence-corrected chi connectivity index (χ2v) is 15.4. The summed E-state index contributed by atoms with van der Waals surface area (Å²) < 4.78 is 95.5. The highest BCUT2D eigenvalue weighted by molar-refractivity contribution is 7.13. The van der Waals surface area contributed by atoms with E-state index in [2.05, 4.69) is 11.1 Å². The van der Waals surface area contributed by atoms with Gasteiger partial charge in [-0.05, 0) is 69.9 Å². The predicted octanol–water partition coefficient (Wildman–Crippen LogP) is 7.98. The van der Waals surface area contributed by atoms with Crippen molar-refractivity contribution in [3.05, 3.63) is 76.4 Å². The summed E-state index contributed by atoms with van der Waals surface area (Å²) in [5, 5.41) is 19.9. The van der Waals surface area contributed by atoms with Gasteiger partial charge in [0, 0.05) is 37.8 Å². The molecule has 0 radical (unpaired) electrons. The minimum atomic E-state index is -4.93. The molecule has 2 aliphatic heterocycles. The first-order chi connectivity index (χ1) is 25.8. The highest BCUT2D eigenvalue weighted by Gasteiger charge is 2.57. The third-order valence-corrected chi connectivity index (χ3v) is 11.2. The monoisotopic (exact) mass is 794 g/mol. The number of amides is 2. The van der Waals surface area contributed by atoms with Crippen molar-refractivity contribution in [2.24, 2.45) is 5.41 Å². The van der Waals surface area contributed by atoms with Gasteiger partial charge in [0.15, 0.2) is 5.06 Å². The second kappa shape index (κ2) is 15.7. The summed E-state index contributed by atoms with van der Waals surface area (Å²) in [6.07, 6.45) is -8.06. The number of benzene rings is 1. The molecule has 0 saturated carbocycles. The molecule has 0 unspecified atom stereocenters. The Labute approximate surface area is 317 Å². The Morgan fingerprint density at radius 2 is 1.67 bits per heavy atom. The number of nitrogens with zero attached hydrogens (tertiary/aromatic N) is 4. The maximum Gasteiger partial charge on any atom is 0.425 e. The predicted molar refractivity (Wildman–Crippen MR) is 187 cm³/mol. The minimum absolute atomic E-state index is 0.0318. The van der Waals surface area contributed by atoms with Crippen molar-refractivity contribution in [3.63, 3.8) is 0 Å². The summed E-state index contributed by atoms with van der Waals surface area (Å²) in [4.78, 5) is 46.0. The van der Waals surface area contributed by atoms with E-state index < -0.39 is 68.7 Å². The van der Waals surface area contributed by atoms with E-state index in [0.29, 0.717) is 17.7 Å². The SMILES string of the molecule is CCC[C@H]1N(C(=O)c2ncccc2C(F)(F)F)CCC[C@@]1(Oc1ccc(C(F)(F)F)s1)C(=O)N1CCC(C#N)(c2ccccc2OCC(C)(C)C(=O)O)CC1. The third-order valence-electron chi connectivity index (χ3n) is 10.2. The van der Waals surface area contributed by atoms with Gasteiger partial charge in [-0.15, -0.1) is 0 Å². The minimum Gasteiger partial charge on any atom is -0.492 e. The van der Waals surface area contributed by atoms with Gasteiger partial charge in [-0.1, -0.05) is 42.9 Å². The van der Waals surface area contributed by atoms with E-state index in [1.807, 2.05) is 0 Å². The number of hydrogen-bond acceptors (Lipinski definition) is 8. The average molecular weight is 795 g/mol. The number of ether oxygens (including phenoxy) is 2. The van der Waals surface area contributed by atoms with Gasteiger partial charge in [-0.2, -0.15) is 31.6 Å². The number of carbonyl (C=O) groups excluding carboxylic acids is 2. The normalized spacial score (nSPS) is 20.4. The van der Waals surface area contributed by atoms with Crippen molar-refractivity contribution in [2.75, 3.05) is 26.2 Å². The van der Waals surface area contributed by atoms with E-state index in [0.717, 1.165) is 35.4 Å². The first-order valence-corrected chi connectivity index (χ1v) is 18.5. The van der Waals surface area contributed by atoms with Gasteiger partial charge in [0.05, 0.1) is 28.5 Å². The standard InChI is InChI=1S/C38H40F6N4O6S/c1-4-9-27-36(54-29-14-13-28(55-29)38(42,43)44,15-8-19-48(27)31(49)30-25(37(39,40)41)11-7-18-46-30)32(50)47-20-16-35(22-45,17-21-47)24-10-5-6-12-26(24)53-23-34(2,3)33(51)52/h5-7,10-14,18,27H,4,8-9,15-17,19-21,23H2,1-3H3,(H,51,52)/t27-,36+/m1/s1. The van der Waals surface area contributed by atoms with Gasteiger partial charge in [-0.3, -0.25) is 19.4 Å². The van der Waals surface area contributed by atoms with Crippen molar-refractivity contribution < 1.29 is 55.3 Å². The largest absolute Gasteiger partial charge is 0.492 e. The van der Waals surface area contributed by atoms with Gasteiger partial charge in [0.1, 0.15) is 22.9 Å². The molecule has 296 valence electrons. The van der Waals surface area contributed by atoms with Crippen LogP contribution in [-0.2, 0) is 27.4 Å². The summed E-state index contributed by atoms with van der Waals surface area (Å²) in [5.41, 5.74) is -6.10. The molecular weight excluding hydrogens is 754 g/mol. The van der Waals surface area contributed by atoms with Crippen LogP contribution in [0.15, 0.2) is 54.7 Å². The smallest absolute Gasteiger partial charge is 0.425 e. The summed E-state index contributed by atoms with van der Waals surface area (Å²) in [6.45, 7) is 4.41. The summed E-state index contributed by atoms with van der Waals surface area (Å²) >= 11 is 0.262. The Bertz CT molecular complexity index is 1930. The lowest BCUT2D eigenvalue weighted by atomic mass is 9.72. The van der Waals surface area contributed by atoms with Gasteiger partial charge in [0.2, 0.25) is 5.60 Å². The van der Waals surface area contributed by atoms with Gasteiger partial charge in [-0.25, -0.2) is 0 Å². The number of halogens is 6. The number of para-hydroxylation sites is 1. The van der Waals surface area contributed by atoms with Gasteiger partial charge >= 0.3 is 18.3 Å². The number of hydrogen-bond donors (Lipinski definition) is 1. The first-order valence-electron chi connectivity index (χ1n) is 17.7. The molecular formula is C38H40F6N4O6S. The van der Waals surface area contributed by atoms with E-state index in [9.17, 15) is 51.1 Å². The number of alkyl halides is 6. The number of nitriles is 1. The number of rotatable bonds is 11. The summed E-state index contributed by atoms with van der Waals surface area (Å²) in [5.74, 6) is -2.56. The molecule has 2 aliphatic rings. The Balaban J connectivity index is 1.52. The molecule has 2 atom stereocenters. The fourth-order valence-corrected chi connectivity index (χ4v) is 7.95. The van der Waals surface area contributed by atoms with Crippen molar-refractivity contribution in [2.45, 2.75) is 88.7 Å². The highest BCUT2D eigenvalue weighted by Crippen LogP contribution is 2.46. The Hall–Kier alpha value is -4.85. The van der Waals surface area contributed by atoms with E-state index in [1.165, 1.54) is 18.7 Å². The van der Waals surface area contributed by atoms with Crippen molar-refractivity contribution in [1.82, 2.24) is 14.8 Å². The number of thiophene rings is 1. The Morgan fingerprint density at radius 3 is 2.27 bits per heavy atom.